The standard InChI is InChI=1S/C30H35ClF2N6O3/c1-18(2)39-12-13-41-27-23(33)14-19(15-25(27)39)26-21(31)17-34-28(36-26)35-20-6-7-24(22(32)16-20)37-8-10-38(11-9-37)29(40)42-30(3,4)5/h6-7,14-18H,8-13H2,1-5H3,(H,34,35,36). The van der Waals surface area contributed by atoms with Gasteiger partial charge in [0.05, 0.1) is 34.8 Å². The van der Waals surface area contributed by atoms with Crippen molar-refractivity contribution in [1.29, 1.82) is 0 Å². The highest BCUT2D eigenvalue weighted by atomic mass is 35.5. The molecule has 1 fully saturated rings. The number of ether oxygens (including phenoxy) is 2. The molecule has 0 radical (unpaired) electrons. The number of rotatable bonds is 5. The Morgan fingerprint density at radius 3 is 2.45 bits per heavy atom. The van der Waals surface area contributed by atoms with Crippen LogP contribution in [0.5, 0.6) is 5.75 Å². The maximum absolute atomic E-state index is 15.2. The molecule has 2 aliphatic heterocycles. The summed E-state index contributed by atoms with van der Waals surface area (Å²) in [6.45, 7) is 12.4. The molecule has 1 saturated heterocycles. The molecule has 224 valence electrons. The van der Waals surface area contributed by atoms with E-state index in [0.717, 1.165) is 0 Å². The summed E-state index contributed by atoms with van der Waals surface area (Å²) in [7, 11) is 0. The monoisotopic (exact) mass is 600 g/mol. The van der Waals surface area contributed by atoms with Gasteiger partial charge in [-0.05, 0) is 65.0 Å². The van der Waals surface area contributed by atoms with Gasteiger partial charge in [-0.1, -0.05) is 11.6 Å². The second kappa shape index (κ2) is 11.8. The number of hydrogen-bond acceptors (Lipinski definition) is 8. The van der Waals surface area contributed by atoms with E-state index in [9.17, 15) is 4.79 Å². The van der Waals surface area contributed by atoms with Crippen molar-refractivity contribution in [2.75, 3.05) is 54.4 Å². The Kier molecular flexibility index (Phi) is 8.32. The van der Waals surface area contributed by atoms with Gasteiger partial charge in [0.25, 0.3) is 0 Å². The van der Waals surface area contributed by atoms with Gasteiger partial charge in [-0.3, -0.25) is 0 Å². The van der Waals surface area contributed by atoms with Crippen molar-refractivity contribution in [2.45, 2.75) is 46.3 Å². The van der Waals surface area contributed by atoms with Crippen LogP contribution in [-0.4, -0.2) is 71.9 Å². The Hall–Kier alpha value is -3.86. The first-order valence-corrected chi connectivity index (χ1v) is 14.3. The van der Waals surface area contributed by atoms with E-state index in [2.05, 4.69) is 20.2 Å². The van der Waals surface area contributed by atoms with Crippen molar-refractivity contribution in [3.8, 4) is 17.0 Å². The Morgan fingerprint density at radius 1 is 1.05 bits per heavy atom. The van der Waals surface area contributed by atoms with Crippen LogP contribution in [0.4, 0.5) is 36.6 Å². The van der Waals surface area contributed by atoms with Gasteiger partial charge >= 0.3 is 6.09 Å². The quantitative estimate of drug-likeness (QED) is 0.356. The lowest BCUT2D eigenvalue weighted by Gasteiger charge is -2.36. The van der Waals surface area contributed by atoms with Crippen LogP contribution in [0.3, 0.4) is 0 Å². The molecule has 0 unspecified atom stereocenters. The van der Waals surface area contributed by atoms with Crippen LogP contribution in [0.2, 0.25) is 5.02 Å². The number of carbonyl (C=O) groups excluding carboxylic acids is 1. The van der Waals surface area contributed by atoms with Crippen LogP contribution in [0, 0.1) is 11.6 Å². The minimum atomic E-state index is -0.571. The third-order valence-electron chi connectivity index (χ3n) is 7.03. The highest BCUT2D eigenvalue weighted by Gasteiger charge is 2.28. The van der Waals surface area contributed by atoms with E-state index in [0.29, 0.717) is 67.7 Å². The number of piperazine rings is 1. The number of hydrogen-bond donors (Lipinski definition) is 1. The van der Waals surface area contributed by atoms with Crippen molar-refractivity contribution in [2.24, 2.45) is 0 Å². The Morgan fingerprint density at radius 2 is 1.79 bits per heavy atom. The van der Waals surface area contributed by atoms with Crippen LogP contribution in [-0.2, 0) is 4.74 Å². The summed E-state index contributed by atoms with van der Waals surface area (Å²) >= 11 is 6.44. The summed E-state index contributed by atoms with van der Waals surface area (Å²) in [4.78, 5) is 26.7. The maximum Gasteiger partial charge on any atom is 0.410 e. The molecule has 0 atom stereocenters. The Bertz CT molecular complexity index is 1470. The predicted octanol–water partition coefficient (Wildman–Crippen LogP) is 6.48. The number of nitrogens with zero attached hydrogens (tertiary/aromatic N) is 5. The van der Waals surface area contributed by atoms with Gasteiger partial charge in [-0.15, -0.1) is 0 Å². The fourth-order valence-electron chi connectivity index (χ4n) is 5.03. The van der Waals surface area contributed by atoms with Crippen LogP contribution in [0.1, 0.15) is 34.6 Å². The molecule has 42 heavy (non-hydrogen) atoms. The average Bonchev–Trinajstić information content (AvgIpc) is 2.93. The molecular weight excluding hydrogens is 566 g/mol. The molecule has 2 aliphatic rings. The van der Waals surface area contributed by atoms with Crippen molar-refractivity contribution < 1.29 is 23.0 Å². The van der Waals surface area contributed by atoms with E-state index in [1.807, 2.05) is 45.6 Å². The summed E-state index contributed by atoms with van der Waals surface area (Å²) in [5.41, 5.74) is 1.75. The zero-order valence-electron chi connectivity index (χ0n) is 24.4. The molecule has 2 aromatic carbocycles. The molecule has 3 heterocycles. The smallest absolute Gasteiger partial charge is 0.410 e. The topological polar surface area (TPSA) is 83.1 Å². The van der Waals surface area contributed by atoms with E-state index < -0.39 is 17.2 Å². The molecule has 9 nitrogen and oxygen atoms in total. The second-order valence-corrected chi connectivity index (χ2v) is 12.0. The Labute approximate surface area is 249 Å². The van der Waals surface area contributed by atoms with Crippen LogP contribution in [0.25, 0.3) is 11.3 Å². The number of carbonyl (C=O) groups is 1. The number of nitrogens with one attached hydrogen (secondary N) is 1. The van der Waals surface area contributed by atoms with E-state index in [1.165, 1.54) is 18.3 Å². The number of fused-ring (bicyclic) bond motifs is 1. The molecule has 1 N–H and O–H groups in total. The van der Waals surface area contributed by atoms with E-state index >= 15 is 8.78 Å². The summed E-state index contributed by atoms with van der Waals surface area (Å²) in [5.74, 6) is -0.529. The SMILES string of the molecule is CC(C)N1CCOc2c(F)cc(-c3nc(Nc4ccc(N5CCN(C(=O)OC(C)(C)C)CC5)c(F)c4)ncc3Cl)cc21. The highest BCUT2D eigenvalue weighted by Crippen LogP contribution is 2.40. The predicted molar refractivity (Wildman–Crippen MR) is 160 cm³/mol. The van der Waals surface area contributed by atoms with Crippen LogP contribution in [0.15, 0.2) is 36.5 Å². The summed E-state index contributed by atoms with van der Waals surface area (Å²) in [6, 6.07) is 8.07. The van der Waals surface area contributed by atoms with Crippen molar-refractivity contribution in [1.82, 2.24) is 14.9 Å². The summed E-state index contributed by atoms with van der Waals surface area (Å²) in [6.07, 6.45) is 1.06. The fourth-order valence-corrected chi connectivity index (χ4v) is 5.23. The molecule has 0 saturated carbocycles. The summed E-state index contributed by atoms with van der Waals surface area (Å²) in [5, 5.41) is 3.27. The number of benzene rings is 2. The molecule has 12 heteroatoms. The lowest BCUT2D eigenvalue weighted by Crippen LogP contribution is -2.50. The number of anilines is 4. The third kappa shape index (κ3) is 6.46. The van der Waals surface area contributed by atoms with Gasteiger partial charge in [-0.25, -0.2) is 23.5 Å². The minimum Gasteiger partial charge on any atom is -0.486 e. The summed E-state index contributed by atoms with van der Waals surface area (Å²) < 4.78 is 41.3. The van der Waals surface area contributed by atoms with E-state index in [1.54, 1.807) is 17.0 Å². The molecule has 3 aromatic rings. The molecule has 0 bridgehead atoms. The molecule has 1 amide bonds. The fraction of sp³-hybridized carbons (Fsp3) is 0.433. The number of halogens is 3. The first-order valence-electron chi connectivity index (χ1n) is 13.9. The largest absolute Gasteiger partial charge is 0.486 e. The maximum atomic E-state index is 15.2. The highest BCUT2D eigenvalue weighted by molar-refractivity contribution is 6.33. The molecule has 0 spiro atoms. The zero-order valence-corrected chi connectivity index (χ0v) is 25.1. The normalized spacial score (nSPS) is 15.4. The molecular formula is C30H35ClF2N6O3. The van der Waals surface area contributed by atoms with Crippen LogP contribution >= 0.6 is 11.6 Å². The molecule has 5 rings (SSSR count). The van der Waals surface area contributed by atoms with Crippen molar-refractivity contribution in [3.63, 3.8) is 0 Å². The van der Waals surface area contributed by atoms with Crippen molar-refractivity contribution in [3.05, 3.63) is 53.2 Å². The van der Waals surface area contributed by atoms with Gasteiger partial charge in [0.15, 0.2) is 11.6 Å². The lowest BCUT2D eigenvalue weighted by molar-refractivity contribution is 0.0240. The van der Waals surface area contributed by atoms with Gasteiger partial charge in [0.1, 0.15) is 18.0 Å². The first kappa shape index (κ1) is 29.6. The number of amides is 1. The van der Waals surface area contributed by atoms with Crippen molar-refractivity contribution >= 4 is 40.7 Å². The molecule has 1 aromatic heterocycles. The van der Waals surface area contributed by atoms with Gasteiger partial charge in [0.2, 0.25) is 5.95 Å². The minimum absolute atomic E-state index is 0.145. The van der Waals surface area contributed by atoms with E-state index in [4.69, 9.17) is 21.1 Å². The molecule has 0 aliphatic carbocycles. The van der Waals surface area contributed by atoms with Crippen LogP contribution < -0.4 is 19.9 Å². The first-order chi connectivity index (χ1) is 19.9. The zero-order chi connectivity index (χ0) is 30.2. The Balaban J connectivity index is 1.31. The third-order valence-corrected chi connectivity index (χ3v) is 7.31. The lowest BCUT2D eigenvalue weighted by atomic mass is 10.1. The van der Waals surface area contributed by atoms with Gasteiger partial charge in [-0.2, -0.15) is 0 Å². The van der Waals surface area contributed by atoms with Gasteiger partial charge in [0, 0.05) is 43.5 Å². The van der Waals surface area contributed by atoms with Gasteiger partial charge < -0.3 is 29.5 Å². The average molecular weight is 601 g/mol. The second-order valence-electron chi connectivity index (χ2n) is 11.6. The van der Waals surface area contributed by atoms with E-state index in [-0.39, 0.29) is 28.9 Å². The number of aromatic nitrogens is 2.